The van der Waals surface area contributed by atoms with E-state index in [9.17, 15) is 0 Å². The largest absolute Gasteiger partial charge is 0.484 e. The van der Waals surface area contributed by atoms with Crippen molar-refractivity contribution in [2.75, 3.05) is 7.11 Å². The number of hydrogen-bond acceptors (Lipinski definition) is 2. The van der Waals surface area contributed by atoms with Crippen molar-refractivity contribution < 1.29 is 4.74 Å². The number of hydrogen-bond donors (Lipinski definition) is 0. The van der Waals surface area contributed by atoms with E-state index in [4.69, 9.17) is 4.74 Å². The van der Waals surface area contributed by atoms with Gasteiger partial charge in [-0.25, -0.2) is 0 Å². The molecule has 0 spiro atoms. The van der Waals surface area contributed by atoms with Crippen LogP contribution in [-0.2, 0) is 4.74 Å². The molecule has 0 heterocycles. The van der Waals surface area contributed by atoms with Gasteiger partial charge in [0.05, 0.1) is 13.2 Å². The minimum absolute atomic E-state index is 0.409. The Morgan fingerprint density at radius 3 is 2.50 bits per heavy atom. The second-order valence-corrected chi connectivity index (χ2v) is 4.26. The van der Waals surface area contributed by atoms with Gasteiger partial charge in [0, 0.05) is 5.92 Å². The van der Waals surface area contributed by atoms with Gasteiger partial charge in [0.2, 0.25) is 0 Å². The van der Waals surface area contributed by atoms with E-state index in [1.165, 1.54) is 32.1 Å². The minimum atomic E-state index is 0.409. The summed E-state index contributed by atoms with van der Waals surface area (Å²) >= 11 is 0. The third kappa shape index (κ3) is 3.32. The van der Waals surface area contributed by atoms with Gasteiger partial charge in [0.15, 0.2) is 5.90 Å². The minimum Gasteiger partial charge on any atom is -0.484 e. The molecule has 1 unspecified atom stereocenters. The van der Waals surface area contributed by atoms with Crippen LogP contribution in [0.5, 0.6) is 0 Å². The number of rotatable bonds is 3. The number of ether oxygens (including phenoxy) is 1. The average Bonchev–Trinajstić information content (AvgIpc) is 2.26. The second kappa shape index (κ2) is 6.05. The Balaban J connectivity index is 2.54. The highest BCUT2D eigenvalue weighted by molar-refractivity contribution is 5.78. The van der Waals surface area contributed by atoms with Crippen molar-refractivity contribution in [2.24, 2.45) is 10.9 Å². The summed E-state index contributed by atoms with van der Waals surface area (Å²) in [5.41, 5.74) is 0. The van der Waals surface area contributed by atoms with Gasteiger partial charge < -0.3 is 4.74 Å². The van der Waals surface area contributed by atoms with Crippen molar-refractivity contribution in [1.82, 2.24) is 0 Å². The number of aliphatic imine (C=N–C) groups is 1. The zero-order valence-corrected chi connectivity index (χ0v) is 9.75. The topological polar surface area (TPSA) is 21.6 Å². The van der Waals surface area contributed by atoms with Crippen molar-refractivity contribution in [2.45, 2.75) is 58.4 Å². The normalized spacial score (nSPS) is 22.1. The maximum absolute atomic E-state index is 5.41. The second-order valence-electron chi connectivity index (χ2n) is 4.26. The number of nitrogens with zero attached hydrogens (tertiary/aromatic N) is 1. The molecule has 1 rings (SSSR count). The zero-order chi connectivity index (χ0) is 10.4. The molecule has 1 aliphatic rings. The van der Waals surface area contributed by atoms with E-state index >= 15 is 0 Å². The van der Waals surface area contributed by atoms with Gasteiger partial charge in [-0.15, -0.1) is 0 Å². The monoisotopic (exact) mass is 197 g/mol. The van der Waals surface area contributed by atoms with Crippen LogP contribution in [0.15, 0.2) is 4.99 Å². The van der Waals surface area contributed by atoms with Crippen molar-refractivity contribution in [1.29, 1.82) is 0 Å². The van der Waals surface area contributed by atoms with E-state index in [2.05, 4.69) is 18.8 Å². The van der Waals surface area contributed by atoms with Crippen LogP contribution in [0.4, 0.5) is 0 Å². The van der Waals surface area contributed by atoms with Crippen LogP contribution in [0.1, 0.15) is 52.4 Å². The average molecular weight is 197 g/mol. The van der Waals surface area contributed by atoms with Crippen molar-refractivity contribution in [3.63, 3.8) is 0 Å². The predicted molar refractivity (Wildman–Crippen MR) is 60.8 cm³/mol. The molecule has 0 radical (unpaired) electrons. The molecule has 1 atom stereocenters. The molecule has 0 aliphatic heterocycles. The molecule has 0 aromatic heterocycles. The van der Waals surface area contributed by atoms with Crippen LogP contribution in [0.25, 0.3) is 0 Å². The first kappa shape index (κ1) is 11.5. The molecule has 2 heteroatoms. The third-order valence-corrected chi connectivity index (χ3v) is 3.10. The maximum atomic E-state index is 5.41. The smallest absolute Gasteiger partial charge is 0.186 e. The van der Waals surface area contributed by atoms with E-state index < -0.39 is 0 Å². The lowest BCUT2D eigenvalue weighted by atomic mass is 9.89. The fraction of sp³-hybridized carbons (Fsp3) is 0.917. The molecule has 0 bridgehead atoms. The first-order valence-electron chi connectivity index (χ1n) is 5.89. The summed E-state index contributed by atoms with van der Waals surface area (Å²) < 4.78 is 5.41. The Morgan fingerprint density at radius 2 is 2.00 bits per heavy atom. The molecule has 0 saturated heterocycles. The SMILES string of the molecule is CCC(C)N=C(OC)C1CCCCC1. The Morgan fingerprint density at radius 1 is 1.36 bits per heavy atom. The lowest BCUT2D eigenvalue weighted by molar-refractivity contribution is 0.322. The highest BCUT2D eigenvalue weighted by Gasteiger charge is 2.20. The molecule has 14 heavy (non-hydrogen) atoms. The van der Waals surface area contributed by atoms with Gasteiger partial charge >= 0.3 is 0 Å². The third-order valence-electron chi connectivity index (χ3n) is 3.10. The molecule has 0 aromatic carbocycles. The van der Waals surface area contributed by atoms with Crippen LogP contribution < -0.4 is 0 Å². The highest BCUT2D eigenvalue weighted by atomic mass is 16.5. The fourth-order valence-corrected chi connectivity index (χ4v) is 1.98. The Labute approximate surface area is 87.8 Å². The molecular formula is C12H23NO. The van der Waals surface area contributed by atoms with Crippen LogP contribution in [0.2, 0.25) is 0 Å². The Hall–Kier alpha value is -0.530. The van der Waals surface area contributed by atoms with Crippen LogP contribution in [0.3, 0.4) is 0 Å². The summed E-state index contributed by atoms with van der Waals surface area (Å²) in [6.45, 7) is 4.32. The van der Waals surface area contributed by atoms with Crippen molar-refractivity contribution in [3.05, 3.63) is 0 Å². The molecule has 1 saturated carbocycles. The highest BCUT2D eigenvalue weighted by Crippen LogP contribution is 2.25. The fourth-order valence-electron chi connectivity index (χ4n) is 1.98. The van der Waals surface area contributed by atoms with E-state index in [1.807, 2.05) is 0 Å². The lowest BCUT2D eigenvalue weighted by Gasteiger charge is -2.23. The number of methoxy groups -OCH3 is 1. The first-order valence-corrected chi connectivity index (χ1v) is 5.89. The summed E-state index contributed by atoms with van der Waals surface area (Å²) in [7, 11) is 1.76. The van der Waals surface area contributed by atoms with Crippen molar-refractivity contribution >= 4 is 5.90 Å². The molecular weight excluding hydrogens is 174 g/mol. The van der Waals surface area contributed by atoms with Gasteiger partial charge in [0.25, 0.3) is 0 Å². The van der Waals surface area contributed by atoms with Gasteiger partial charge in [-0.05, 0) is 26.2 Å². The van der Waals surface area contributed by atoms with E-state index in [0.29, 0.717) is 12.0 Å². The predicted octanol–water partition coefficient (Wildman–Crippen LogP) is 3.41. The molecule has 0 N–H and O–H groups in total. The van der Waals surface area contributed by atoms with Crippen molar-refractivity contribution in [3.8, 4) is 0 Å². The van der Waals surface area contributed by atoms with E-state index in [1.54, 1.807) is 7.11 Å². The Bertz CT molecular complexity index is 183. The summed E-state index contributed by atoms with van der Waals surface area (Å²) in [6.07, 6.45) is 7.70. The lowest BCUT2D eigenvalue weighted by Crippen LogP contribution is -2.21. The molecule has 1 aliphatic carbocycles. The molecule has 82 valence electrons. The molecule has 0 aromatic rings. The zero-order valence-electron chi connectivity index (χ0n) is 9.75. The maximum Gasteiger partial charge on any atom is 0.186 e. The quantitative estimate of drug-likeness (QED) is 0.502. The summed E-state index contributed by atoms with van der Waals surface area (Å²) in [4.78, 5) is 4.63. The standard InChI is InChI=1S/C12H23NO/c1-4-10(2)13-12(14-3)11-8-6-5-7-9-11/h10-11H,4-9H2,1-3H3. The van der Waals surface area contributed by atoms with Crippen LogP contribution in [-0.4, -0.2) is 19.0 Å². The van der Waals surface area contributed by atoms with Crippen LogP contribution in [0, 0.1) is 5.92 Å². The van der Waals surface area contributed by atoms with Gasteiger partial charge in [0.1, 0.15) is 0 Å². The first-order chi connectivity index (χ1) is 6.77. The van der Waals surface area contributed by atoms with Gasteiger partial charge in [-0.2, -0.15) is 0 Å². The molecule has 0 amide bonds. The summed E-state index contributed by atoms with van der Waals surface area (Å²) in [5, 5.41) is 0. The van der Waals surface area contributed by atoms with Gasteiger partial charge in [-0.1, -0.05) is 26.2 Å². The molecule has 2 nitrogen and oxygen atoms in total. The van der Waals surface area contributed by atoms with E-state index in [-0.39, 0.29) is 0 Å². The van der Waals surface area contributed by atoms with E-state index in [0.717, 1.165) is 12.3 Å². The summed E-state index contributed by atoms with van der Waals surface area (Å²) in [6, 6.07) is 0.409. The Kier molecular flexibility index (Phi) is 4.99. The van der Waals surface area contributed by atoms with Crippen LogP contribution >= 0.6 is 0 Å². The van der Waals surface area contributed by atoms with Gasteiger partial charge in [-0.3, -0.25) is 4.99 Å². The molecule has 1 fully saturated rings. The summed E-state index contributed by atoms with van der Waals surface area (Å²) in [5.74, 6) is 1.60.